The number of aryl methyl sites for hydroxylation is 2. The molecule has 0 saturated carbocycles. The fourth-order valence-electron chi connectivity index (χ4n) is 3.11. The summed E-state index contributed by atoms with van der Waals surface area (Å²) in [5.74, 6) is -0.459. The largest absolute Gasteiger partial charge is 0.419 e. The van der Waals surface area contributed by atoms with Gasteiger partial charge >= 0.3 is 5.76 Å². The molecule has 142 valence electrons. The summed E-state index contributed by atoms with van der Waals surface area (Å²) in [4.78, 5) is 24.8. The molecule has 0 radical (unpaired) electrons. The fraction of sp³-hybridized carbons (Fsp3) is 0.150. The van der Waals surface area contributed by atoms with Gasteiger partial charge in [-0.2, -0.15) is 0 Å². The molecule has 0 fully saturated rings. The van der Waals surface area contributed by atoms with Crippen LogP contribution in [0.2, 0.25) is 5.02 Å². The summed E-state index contributed by atoms with van der Waals surface area (Å²) in [5.41, 5.74) is 2.82. The number of hydrogen-bond acceptors (Lipinski definition) is 5. The van der Waals surface area contributed by atoms with Crippen molar-refractivity contribution in [3.8, 4) is 11.3 Å². The van der Waals surface area contributed by atoms with Gasteiger partial charge in [0.15, 0.2) is 5.58 Å². The number of nitrogens with one attached hydrogen (secondary N) is 1. The lowest BCUT2D eigenvalue weighted by Gasteiger charge is -2.07. The Hall–Kier alpha value is -3.32. The average Bonchev–Trinajstić information content (AvgIpc) is 3.20. The van der Waals surface area contributed by atoms with E-state index in [-0.39, 0.29) is 0 Å². The van der Waals surface area contributed by atoms with Crippen molar-refractivity contribution in [3.63, 3.8) is 0 Å². The lowest BCUT2D eigenvalue weighted by atomic mass is 10.1. The number of hydrogen-bond donors (Lipinski definition) is 1. The quantitative estimate of drug-likeness (QED) is 0.548. The first-order valence-electron chi connectivity index (χ1n) is 8.65. The van der Waals surface area contributed by atoms with Crippen molar-refractivity contribution in [2.24, 2.45) is 0 Å². The number of benzene rings is 2. The van der Waals surface area contributed by atoms with E-state index in [0.29, 0.717) is 50.9 Å². The summed E-state index contributed by atoms with van der Waals surface area (Å²) in [6, 6.07) is 12.1. The number of nitrogens with zero attached hydrogens (tertiary/aromatic N) is 2. The van der Waals surface area contributed by atoms with Gasteiger partial charge in [-0.15, -0.1) is 0 Å². The normalized spacial score (nSPS) is 11.1. The molecule has 7 nitrogen and oxygen atoms in total. The predicted molar refractivity (Wildman–Crippen MR) is 106 cm³/mol. The molecule has 0 aliphatic carbocycles. The van der Waals surface area contributed by atoms with Crippen LogP contribution in [0.1, 0.15) is 23.0 Å². The zero-order chi connectivity index (χ0) is 19.8. The van der Waals surface area contributed by atoms with Crippen LogP contribution in [0.3, 0.4) is 0 Å². The highest BCUT2D eigenvalue weighted by Gasteiger charge is 2.23. The van der Waals surface area contributed by atoms with E-state index in [1.165, 1.54) is 4.57 Å². The van der Waals surface area contributed by atoms with E-state index in [4.69, 9.17) is 20.5 Å². The molecule has 0 bridgehead atoms. The van der Waals surface area contributed by atoms with Crippen LogP contribution in [0.4, 0.5) is 5.69 Å². The molecule has 0 aliphatic heterocycles. The number of carbonyl (C=O) groups excluding carboxylic acids is 1. The monoisotopic (exact) mass is 397 g/mol. The van der Waals surface area contributed by atoms with Gasteiger partial charge in [0.1, 0.15) is 17.0 Å². The Morgan fingerprint density at radius 2 is 2.04 bits per heavy atom. The number of fused-ring (bicyclic) bond motifs is 1. The van der Waals surface area contributed by atoms with Crippen molar-refractivity contribution in [2.75, 3.05) is 5.32 Å². The Morgan fingerprint density at radius 1 is 1.25 bits per heavy atom. The van der Waals surface area contributed by atoms with Crippen molar-refractivity contribution in [2.45, 2.75) is 20.4 Å². The summed E-state index contributed by atoms with van der Waals surface area (Å²) in [6.07, 6.45) is 0. The standard InChI is InChI=1S/C20H16ClN3O4/c1-3-24-15-9-8-12(10-16(15)27-20(24)26)22-19(25)17-11(2)28-23-18(17)13-6-4-5-7-14(13)21/h4-10H,3H2,1-2H3,(H,22,25). The van der Waals surface area contributed by atoms with Gasteiger partial charge in [-0.1, -0.05) is 35.0 Å². The molecule has 2 aromatic carbocycles. The highest BCUT2D eigenvalue weighted by molar-refractivity contribution is 6.33. The highest BCUT2D eigenvalue weighted by atomic mass is 35.5. The Balaban J connectivity index is 1.70. The van der Waals surface area contributed by atoms with E-state index in [0.717, 1.165) is 0 Å². The average molecular weight is 398 g/mol. The molecule has 0 saturated heterocycles. The number of oxazole rings is 1. The van der Waals surface area contributed by atoms with Crippen molar-refractivity contribution < 1.29 is 13.7 Å². The van der Waals surface area contributed by atoms with Crippen molar-refractivity contribution in [1.29, 1.82) is 0 Å². The smallest absolute Gasteiger partial charge is 0.408 e. The van der Waals surface area contributed by atoms with E-state index in [2.05, 4.69) is 10.5 Å². The predicted octanol–water partition coefficient (Wildman–Crippen LogP) is 4.48. The third-order valence-corrected chi connectivity index (χ3v) is 4.79. The van der Waals surface area contributed by atoms with Crippen LogP contribution in [0.5, 0.6) is 0 Å². The maximum atomic E-state index is 12.9. The van der Waals surface area contributed by atoms with E-state index < -0.39 is 11.7 Å². The van der Waals surface area contributed by atoms with E-state index in [1.54, 1.807) is 49.4 Å². The molecular weight excluding hydrogens is 382 g/mol. The minimum atomic E-state index is -0.433. The summed E-state index contributed by atoms with van der Waals surface area (Å²) in [6.45, 7) is 4.02. The third kappa shape index (κ3) is 2.99. The van der Waals surface area contributed by atoms with Gasteiger partial charge in [-0.25, -0.2) is 4.79 Å². The van der Waals surface area contributed by atoms with Crippen molar-refractivity contribution in [3.05, 3.63) is 69.4 Å². The molecular formula is C20H16ClN3O4. The Labute approximate surface area is 164 Å². The summed E-state index contributed by atoms with van der Waals surface area (Å²) in [7, 11) is 0. The molecule has 8 heteroatoms. The number of anilines is 1. The molecule has 2 aromatic heterocycles. The summed E-state index contributed by atoms with van der Waals surface area (Å²) < 4.78 is 12.0. The van der Waals surface area contributed by atoms with Crippen LogP contribution in [-0.4, -0.2) is 15.6 Å². The van der Waals surface area contributed by atoms with Gasteiger partial charge in [0.2, 0.25) is 0 Å². The van der Waals surface area contributed by atoms with Crippen LogP contribution >= 0.6 is 11.6 Å². The number of rotatable bonds is 4. The first kappa shape index (κ1) is 18.1. The first-order chi connectivity index (χ1) is 13.5. The molecule has 28 heavy (non-hydrogen) atoms. The topological polar surface area (TPSA) is 90.3 Å². The summed E-state index contributed by atoms with van der Waals surface area (Å²) >= 11 is 6.24. The van der Waals surface area contributed by atoms with Crippen LogP contribution in [0.15, 0.2) is 56.2 Å². The Kier molecular flexibility index (Phi) is 4.52. The molecule has 1 amide bonds. The minimum Gasteiger partial charge on any atom is -0.408 e. The van der Waals surface area contributed by atoms with E-state index >= 15 is 0 Å². The molecule has 4 rings (SSSR count). The van der Waals surface area contributed by atoms with Crippen LogP contribution < -0.4 is 11.1 Å². The lowest BCUT2D eigenvalue weighted by Crippen LogP contribution is -2.13. The Bertz CT molecular complexity index is 1250. The van der Waals surface area contributed by atoms with Gasteiger partial charge in [-0.05, 0) is 32.0 Å². The van der Waals surface area contributed by atoms with Gasteiger partial charge in [0.05, 0.1) is 10.5 Å². The number of amides is 1. The first-order valence-corrected chi connectivity index (χ1v) is 9.03. The third-order valence-electron chi connectivity index (χ3n) is 4.46. The highest BCUT2D eigenvalue weighted by Crippen LogP contribution is 2.31. The van der Waals surface area contributed by atoms with Crippen LogP contribution in [0.25, 0.3) is 22.4 Å². The SMILES string of the molecule is CCn1c(=O)oc2cc(NC(=O)c3c(-c4ccccc4Cl)noc3C)ccc21. The fourth-order valence-corrected chi connectivity index (χ4v) is 3.34. The van der Waals surface area contributed by atoms with Gasteiger partial charge < -0.3 is 14.3 Å². The van der Waals surface area contributed by atoms with Crippen molar-refractivity contribution in [1.82, 2.24) is 9.72 Å². The second-order valence-corrected chi connectivity index (χ2v) is 6.60. The maximum absolute atomic E-state index is 12.9. The summed E-state index contributed by atoms with van der Waals surface area (Å²) in [5, 5.41) is 7.27. The molecule has 0 unspecified atom stereocenters. The van der Waals surface area contributed by atoms with Crippen LogP contribution in [0, 0.1) is 6.92 Å². The number of aromatic nitrogens is 2. The van der Waals surface area contributed by atoms with Gasteiger partial charge in [-0.3, -0.25) is 9.36 Å². The van der Waals surface area contributed by atoms with Gasteiger partial charge in [0.25, 0.3) is 5.91 Å². The lowest BCUT2D eigenvalue weighted by molar-refractivity contribution is 0.102. The zero-order valence-electron chi connectivity index (χ0n) is 15.2. The maximum Gasteiger partial charge on any atom is 0.419 e. The number of carbonyl (C=O) groups is 1. The minimum absolute atomic E-state index is 0.292. The van der Waals surface area contributed by atoms with Crippen LogP contribution in [-0.2, 0) is 6.54 Å². The second-order valence-electron chi connectivity index (χ2n) is 6.19. The van der Waals surface area contributed by atoms with Gasteiger partial charge in [0, 0.05) is 23.9 Å². The molecule has 0 aliphatic rings. The van der Waals surface area contributed by atoms with E-state index in [9.17, 15) is 9.59 Å². The van der Waals surface area contributed by atoms with Crippen molar-refractivity contribution >= 4 is 34.3 Å². The molecule has 0 atom stereocenters. The molecule has 2 heterocycles. The van der Waals surface area contributed by atoms with E-state index in [1.807, 2.05) is 6.92 Å². The Morgan fingerprint density at radius 3 is 2.79 bits per heavy atom. The molecule has 4 aromatic rings. The number of halogens is 1. The molecule has 1 N–H and O–H groups in total. The second kappa shape index (κ2) is 7.01. The molecule has 0 spiro atoms. The zero-order valence-corrected chi connectivity index (χ0v) is 15.9.